The van der Waals surface area contributed by atoms with Crippen molar-refractivity contribution in [3.63, 3.8) is 0 Å². The van der Waals surface area contributed by atoms with Crippen LogP contribution in [0.5, 0.6) is 0 Å². The number of ether oxygens (including phenoxy) is 1. The number of nitrogens with one attached hydrogen (secondary N) is 1. The van der Waals surface area contributed by atoms with E-state index < -0.39 is 0 Å². The maximum atomic E-state index is 9.39. The monoisotopic (exact) mass is 222 g/mol. The Hall–Kier alpha value is -0.590. The van der Waals surface area contributed by atoms with Crippen LogP contribution in [0.3, 0.4) is 0 Å². The second kappa shape index (κ2) is 5.16. The van der Waals surface area contributed by atoms with Gasteiger partial charge in [-0.1, -0.05) is 6.92 Å². The van der Waals surface area contributed by atoms with Crippen molar-refractivity contribution in [3.8, 4) is 6.07 Å². The highest BCUT2D eigenvalue weighted by Crippen LogP contribution is 2.33. The van der Waals surface area contributed by atoms with Gasteiger partial charge in [0, 0.05) is 19.1 Å². The molecular formula is C13H22N2O. The topological polar surface area (TPSA) is 45.0 Å². The Morgan fingerprint density at radius 2 is 2.25 bits per heavy atom. The van der Waals surface area contributed by atoms with Crippen LogP contribution in [-0.4, -0.2) is 24.3 Å². The van der Waals surface area contributed by atoms with E-state index in [2.05, 4.69) is 18.3 Å². The number of nitriles is 1. The maximum absolute atomic E-state index is 9.39. The molecule has 0 spiro atoms. The molecule has 0 bridgehead atoms. The third kappa shape index (κ3) is 2.96. The molecule has 2 aliphatic rings. The van der Waals surface area contributed by atoms with Crippen LogP contribution in [0.4, 0.5) is 0 Å². The number of hydrogen-bond donors (Lipinski definition) is 1. The highest BCUT2D eigenvalue weighted by Gasteiger charge is 2.40. The zero-order chi connectivity index (χ0) is 11.4. The largest absolute Gasteiger partial charge is 0.378 e. The first-order valence-corrected chi connectivity index (χ1v) is 6.58. The summed E-state index contributed by atoms with van der Waals surface area (Å²) in [5.41, 5.74) is -0.294. The van der Waals surface area contributed by atoms with E-state index in [1.165, 1.54) is 12.8 Å². The Morgan fingerprint density at radius 1 is 1.44 bits per heavy atom. The maximum Gasteiger partial charge on any atom is 0.109 e. The Balaban J connectivity index is 1.89. The van der Waals surface area contributed by atoms with Crippen molar-refractivity contribution >= 4 is 0 Å². The van der Waals surface area contributed by atoms with E-state index in [-0.39, 0.29) is 5.54 Å². The van der Waals surface area contributed by atoms with E-state index in [0.717, 1.165) is 38.7 Å². The molecule has 0 amide bonds. The molecule has 0 heterocycles. The van der Waals surface area contributed by atoms with Gasteiger partial charge in [-0.3, -0.25) is 5.32 Å². The summed E-state index contributed by atoms with van der Waals surface area (Å²) in [6.07, 6.45) is 7.93. The van der Waals surface area contributed by atoms with Crippen LogP contribution in [0.25, 0.3) is 0 Å². The quantitative estimate of drug-likeness (QED) is 0.776. The van der Waals surface area contributed by atoms with E-state index in [9.17, 15) is 5.26 Å². The van der Waals surface area contributed by atoms with Crippen LogP contribution in [0.1, 0.15) is 51.9 Å². The summed E-state index contributed by atoms with van der Waals surface area (Å²) >= 11 is 0. The fraction of sp³-hybridized carbons (Fsp3) is 0.923. The van der Waals surface area contributed by atoms with Crippen LogP contribution in [-0.2, 0) is 4.74 Å². The predicted molar refractivity (Wildman–Crippen MR) is 63.0 cm³/mol. The second-order valence-electron chi connectivity index (χ2n) is 5.20. The molecule has 0 aromatic carbocycles. The van der Waals surface area contributed by atoms with Gasteiger partial charge >= 0.3 is 0 Å². The summed E-state index contributed by atoms with van der Waals surface area (Å²) in [6.45, 7) is 2.96. The van der Waals surface area contributed by atoms with Gasteiger partial charge in [0.15, 0.2) is 0 Å². The molecule has 0 aliphatic heterocycles. The van der Waals surface area contributed by atoms with Gasteiger partial charge in [0.2, 0.25) is 0 Å². The van der Waals surface area contributed by atoms with E-state index in [1.54, 1.807) is 0 Å². The standard InChI is InChI=1S/C13H22N2O/c1-2-8-16-12-4-3-7-13(9-12,10-14)15-11-5-6-11/h11-12,15H,2-9H2,1H3. The Bertz CT molecular complexity index is 270. The van der Waals surface area contributed by atoms with Crippen LogP contribution in [0.2, 0.25) is 0 Å². The van der Waals surface area contributed by atoms with E-state index in [1.807, 2.05) is 0 Å². The molecule has 0 saturated heterocycles. The molecule has 2 saturated carbocycles. The molecule has 0 radical (unpaired) electrons. The van der Waals surface area contributed by atoms with Crippen molar-refractivity contribution in [1.82, 2.24) is 5.32 Å². The Labute approximate surface area is 98.2 Å². The van der Waals surface area contributed by atoms with Crippen LogP contribution in [0, 0.1) is 11.3 Å². The average molecular weight is 222 g/mol. The second-order valence-corrected chi connectivity index (χ2v) is 5.20. The normalized spacial score (nSPS) is 34.6. The summed E-state index contributed by atoms with van der Waals surface area (Å²) in [4.78, 5) is 0. The molecule has 2 unspecified atom stereocenters. The third-order valence-electron chi connectivity index (χ3n) is 3.54. The van der Waals surface area contributed by atoms with Crippen LogP contribution >= 0.6 is 0 Å². The highest BCUT2D eigenvalue weighted by molar-refractivity contribution is 5.12. The van der Waals surface area contributed by atoms with Crippen molar-refractivity contribution < 1.29 is 4.74 Å². The molecule has 1 N–H and O–H groups in total. The van der Waals surface area contributed by atoms with Gasteiger partial charge in [0.1, 0.15) is 5.54 Å². The molecule has 3 nitrogen and oxygen atoms in total. The Morgan fingerprint density at radius 3 is 2.88 bits per heavy atom. The van der Waals surface area contributed by atoms with Gasteiger partial charge in [0.05, 0.1) is 12.2 Å². The number of rotatable bonds is 5. The molecular weight excluding hydrogens is 200 g/mol. The molecule has 2 fully saturated rings. The molecule has 0 aromatic heterocycles. The lowest BCUT2D eigenvalue weighted by atomic mass is 9.81. The van der Waals surface area contributed by atoms with Gasteiger partial charge in [-0.15, -0.1) is 0 Å². The first-order valence-electron chi connectivity index (χ1n) is 6.58. The lowest BCUT2D eigenvalue weighted by Crippen LogP contribution is -2.50. The van der Waals surface area contributed by atoms with E-state index in [4.69, 9.17) is 4.74 Å². The minimum Gasteiger partial charge on any atom is -0.378 e. The van der Waals surface area contributed by atoms with Crippen molar-refractivity contribution in [2.75, 3.05) is 6.61 Å². The third-order valence-corrected chi connectivity index (χ3v) is 3.54. The summed E-state index contributed by atoms with van der Waals surface area (Å²) in [7, 11) is 0. The van der Waals surface area contributed by atoms with E-state index >= 15 is 0 Å². The van der Waals surface area contributed by atoms with Gasteiger partial charge in [-0.25, -0.2) is 0 Å². The Kier molecular flexibility index (Phi) is 3.83. The summed E-state index contributed by atoms with van der Waals surface area (Å²) in [5.74, 6) is 0. The van der Waals surface area contributed by atoms with E-state index in [0.29, 0.717) is 12.1 Å². The molecule has 2 rings (SSSR count). The van der Waals surface area contributed by atoms with Crippen LogP contribution in [0.15, 0.2) is 0 Å². The smallest absolute Gasteiger partial charge is 0.109 e. The predicted octanol–water partition coefficient (Wildman–Crippen LogP) is 2.37. The molecule has 0 aromatic rings. The summed E-state index contributed by atoms with van der Waals surface area (Å²) in [5, 5.41) is 12.9. The molecule has 16 heavy (non-hydrogen) atoms. The molecule has 3 heteroatoms. The first kappa shape index (κ1) is 11.9. The highest BCUT2D eigenvalue weighted by atomic mass is 16.5. The van der Waals surface area contributed by atoms with Crippen molar-refractivity contribution in [3.05, 3.63) is 0 Å². The lowest BCUT2D eigenvalue weighted by Gasteiger charge is -2.36. The number of nitrogens with zero attached hydrogens (tertiary/aromatic N) is 1. The molecule has 2 aliphatic carbocycles. The lowest BCUT2D eigenvalue weighted by molar-refractivity contribution is 0.00914. The van der Waals surface area contributed by atoms with Crippen molar-refractivity contribution in [2.45, 2.75) is 69.6 Å². The first-order chi connectivity index (χ1) is 7.78. The van der Waals surface area contributed by atoms with Crippen molar-refractivity contribution in [2.24, 2.45) is 0 Å². The van der Waals surface area contributed by atoms with Gasteiger partial charge < -0.3 is 4.74 Å². The summed E-state index contributed by atoms with van der Waals surface area (Å²) < 4.78 is 5.80. The number of hydrogen-bond acceptors (Lipinski definition) is 3. The van der Waals surface area contributed by atoms with Crippen molar-refractivity contribution in [1.29, 1.82) is 5.26 Å². The SMILES string of the molecule is CCCOC1CCCC(C#N)(NC2CC2)C1. The zero-order valence-electron chi connectivity index (χ0n) is 10.2. The zero-order valence-corrected chi connectivity index (χ0v) is 10.2. The van der Waals surface area contributed by atoms with Crippen LogP contribution < -0.4 is 5.32 Å². The fourth-order valence-corrected chi connectivity index (χ4v) is 2.53. The molecule has 2 atom stereocenters. The van der Waals surface area contributed by atoms with Gasteiger partial charge in [-0.2, -0.15) is 5.26 Å². The molecule has 90 valence electrons. The van der Waals surface area contributed by atoms with Gasteiger partial charge in [-0.05, 0) is 38.5 Å². The summed E-state index contributed by atoms with van der Waals surface area (Å²) in [6, 6.07) is 3.11. The van der Waals surface area contributed by atoms with Gasteiger partial charge in [0.25, 0.3) is 0 Å². The minimum atomic E-state index is -0.294. The average Bonchev–Trinajstić information content (AvgIpc) is 3.10. The fourth-order valence-electron chi connectivity index (χ4n) is 2.53. The minimum absolute atomic E-state index is 0.291.